The highest BCUT2D eigenvalue weighted by Gasteiger charge is 2.27. The number of allylic oxidation sites excluding steroid dienone is 3. The zero-order valence-corrected chi connectivity index (χ0v) is 13.0. The van der Waals surface area contributed by atoms with Crippen LogP contribution in [-0.4, -0.2) is 43.6 Å². The summed E-state index contributed by atoms with van der Waals surface area (Å²) in [6, 6.07) is 0. The van der Waals surface area contributed by atoms with Crippen molar-refractivity contribution < 1.29 is 4.48 Å². The minimum Gasteiger partial charge on any atom is -0.374 e. The van der Waals surface area contributed by atoms with Gasteiger partial charge in [0.1, 0.15) is 5.70 Å². The molecule has 1 atom stereocenters. The second-order valence-electron chi connectivity index (χ2n) is 6.34. The maximum atomic E-state index is 3.94. The molecule has 18 heavy (non-hydrogen) atoms. The Morgan fingerprint density at radius 3 is 2.61 bits per heavy atom. The summed E-state index contributed by atoms with van der Waals surface area (Å²) >= 11 is 0. The van der Waals surface area contributed by atoms with Crippen LogP contribution >= 0.6 is 0 Å². The van der Waals surface area contributed by atoms with Crippen LogP contribution in [0.2, 0.25) is 0 Å². The predicted octanol–water partition coefficient (Wildman–Crippen LogP) is 3.62. The minimum atomic E-state index is 0.557. The SMILES string of the molecule is C=CC(C)CC1=C(C)N(C)CCCCC[N+]1(C)C. The van der Waals surface area contributed by atoms with Gasteiger partial charge >= 0.3 is 0 Å². The van der Waals surface area contributed by atoms with Crippen molar-refractivity contribution in [1.29, 1.82) is 0 Å². The summed E-state index contributed by atoms with van der Waals surface area (Å²) < 4.78 is 1.04. The smallest absolute Gasteiger partial charge is 0.128 e. The second kappa shape index (κ2) is 6.42. The lowest BCUT2D eigenvalue weighted by Gasteiger charge is -2.35. The zero-order valence-electron chi connectivity index (χ0n) is 13.0. The molecule has 0 bridgehead atoms. The van der Waals surface area contributed by atoms with Gasteiger partial charge in [-0.1, -0.05) is 13.0 Å². The van der Waals surface area contributed by atoms with Gasteiger partial charge in [0.2, 0.25) is 0 Å². The van der Waals surface area contributed by atoms with E-state index in [0.717, 1.165) is 10.9 Å². The predicted molar refractivity (Wildman–Crippen MR) is 80.1 cm³/mol. The largest absolute Gasteiger partial charge is 0.374 e. The Morgan fingerprint density at radius 1 is 1.33 bits per heavy atom. The van der Waals surface area contributed by atoms with E-state index in [9.17, 15) is 0 Å². The Hall–Kier alpha value is -0.760. The van der Waals surface area contributed by atoms with Crippen LogP contribution in [-0.2, 0) is 0 Å². The average molecular weight is 251 g/mol. The molecule has 0 aliphatic carbocycles. The van der Waals surface area contributed by atoms with Crippen molar-refractivity contribution in [2.45, 2.75) is 39.5 Å². The number of hydrogen-bond acceptors (Lipinski definition) is 1. The van der Waals surface area contributed by atoms with Crippen LogP contribution in [0, 0.1) is 5.92 Å². The van der Waals surface area contributed by atoms with Gasteiger partial charge in [0.25, 0.3) is 0 Å². The molecule has 1 aliphatic heterocycles. The monoisotopic (exact) mass is 251 g/mol. The summed E-state index contributed by atoms with van der Waals surface area (Å²) in [5, 5.41) is 0. The molecule has 0 saturated carbocycles. The molecule has 0 N–H and O–H groups in total. The summed E-state index contributed by atoms with van der Waals surface area (Å²) in [6.45, 7) is 10.9. The normalized spacial score (nSPS) is 23.1. The fraction of sp³-hybridized carbons (Fsp3) is 0.750. The van der Waals surface area contributed by atoms with Gasteiger partial charge in [-0.3, -0.25) is 4.48 Å². The molecule has 0 saturated heterocycles. The van der Waals surface area contributed by atoms with E-state index in [-0.39, 0.29) is 0 Å². The molecule has 0 spiro atoms. The quantitative estimate of drug-likeness (QED) is 0.547. The van der Waals surface area contributed by atoms with Crippen molar-refractivity contribution in [1.82, 2.24) is 4.90 Å². The lowest BCUT2D eigenvalue weighted by atomic mass is 10.0. The third-order valence-electron chi connectivity index (χ3n) is 4.35. The Bertz CT molecular complexity index is 315. The van der Waals surface area contributed by atoms with E-state index in [0.29, 0.717) is 5.92 Å². The van der Waals surface area contributed by atoms with Crippen LogP contribution in [0.5, 0.6) is 0 Å². The van der Waals surface area contributed by atoms with Gasteiger partial charge in [0.05, 0.1) is 26.3 Å². The molecule has 1 heterocycles. The molecule has 0 aromatic carbocycles. The van der Waals surface area contributed by atoms with Crippen LogP contribution in [0.25, 0.3) is 0 Å². The first kappa shape index (κ1) is 15.3. The highest BCUT2D eigenvalue weighted by atomic mass is 15.3. The molecule has 0 aromatic rings. The Labute approximate surface area is 114 Å². The van der Waals surface area contributed by atoms with Crippen molar-refractivity contribution in [3.8, 4) is 0 Å². The van der Waals surface area contributed by atoms with Gasteiger partial charge in [-0.2, -0.15) is 0 Å². The number of quaternary nitrogens is 1. The zero-order chi connectivity index (χ0) is 13.8. The minimum absolute atomic E-state index is 0.557. The van der Waals surface area contributed by atoms with E-state index in [1.54, 1.807) is 5.70 Å². The molecule has 0 amide bonds. The first-order chi connectivity index (χ1) is 8.38. The lowest BCUT2D eigenvalue weighted by molar-refractivity contribution is -0.855. The third-order valence-corrected chi connectivity index (χ3v) is 4.35. The van der Waals surface area contributed by atoms with Crippen molar-refractivity contribution in [3.63, 3.8) is 0 Å². The summed E-state index contributed by atoms with van der Waals surface area (Å²) in [4.78, 5) is 2.44. The van der Waals surface area contributed by atoms with Gasteiger partial charge in [-0.15, -0.1) is 6.58 Å². The molecule has 2 nitrogen and oxygen atoms in total. The molecule has 1 unspecified atom stereocenters. The number of nitrogens with zero attached hydrogens (tertiary/aromatic N) is 2. The van der Waals surface area contributed by atoms with Crippen molar-refractivity contribution in [2.75, 3.05) is 34.2 Å². The molecule has 0 aromatic heterocycles. The second-order valence-corrected chi connectivity index (χ2v) is 6.34. The van der Waals surface area contributed by atoms with Crippen LogP contribution in [0.3, 0.4) is 0 Å². The molecule has 104 valence electrons. The Balaban J connectivity index is 3.06. The maximum Gasteiger partial charge on any atom is 0.128 e. The van der Waals surface area contributed by atoms with Gasteiger partial charge in [0, 0.05) is 20.0 Å². The van der Waals surface area contributed by atoms with Gasteiger partial charge in [-0.25, -0.2) is 0 Å². The first-order valence-corrected chi connectivity index (χ1v) is 7.25. The molecule has 1 aliphatic rings. The summed E-state index contributed by atoms with van der Waals surface area (Å²) in [6.07, 6.45) is 7.21. The van der Waals surface area contributed by atoms with Gasteiger partial charge < -0.3 is 4.90 Å². The van der Waals surface area contributed by atoms with E-state index >= 15 is 0 Å². The molecular formula is C16H31N2+. The van der Waals surface area contributed by atoms with Crippen molar-refractivity contribution in [2.24, 2.45) is 5.92 Å². The van der Waals surface area contributed by atoms with Crippen LogP contribution in [0.1, 0.15) is 39.5 Å². The van der Waals surface area contributed by atoms with Gasteiger partial charge in [-0.05, 0) is 32.1 Å². The Morgan fingerprint density at radius 2 is 2.00 bits per heavy atom. The molecule has 0 fully saturated rings. The van der Waals surface area contributed by atoms with E-state index < -0.39 is 0 Å². The molecule has 2 heteroatoms. The van der Waals surface area contributed by atoms with Crippen LogP contribution in [0.4, 0.5) is 0 Å². The van der Waals surface area contributed by atoms with E-state index in [1.807, 2.05) is 0 Å². The first-order valence-electron chi connectivity index (χ1n) is 7.25. The van der Waals surface area contributed by atoms with E-state index in [4.69, 9.17) is 0 Å². The summed E-state index contributed by atoms with van der Waals surface area (Å²) in [5.41, 5.74) is 3.04. The maximum absolute atomic E-state index is 3.94. The summed E-state index contributed by atoms with van der Waals surface area (Å²) in [5.74, 6) is 0.557. The standard InChI is InChI=1S/C16H31N2/c1-7-14(2)13-16-15(3)17(4)11-9-8-10-12-18(16,5)6/h7,14H,1,8-13H2,2-6H3/q+1. The molecular weight excluding hydrogens is 220 g/mol. The molecule has 1 rings (SSSR count). The summed E-state index contributed by atoms with van der Waals surface area (Å²) in [7, 11) is 6.95. The van der Waals surface area contributed by atoms with E-state index in [1.165, 1.54) is 38.0 Å². The molecule has 0 radical (unpaired) electrons. The topological polar surface area (TPSA) is 3.24 Å². The fourth-order valence-corrected chi connectivity index (χ4v) is 2.78. The number of hydrogen-bond donors (Lipinski definition) is 0. The van der Waals surface area contributed by atoms with Crippen molar-refractivity contribution in [3.05, 3.63) is 24.0 Å². The lowest BCUT2D eigenvalue weighted by Crippen LogP contribution is -2.41. The third kappa shape index (κ3) is 3.88. The van der Waals surface area contributed by atoms with Crippen LogP contribution < -0.4 is 0 Å². The average Bonchev–Trinajstić information content (AvgIpc) is 2.36. The Kier molecular flexibility index (Phi) is 5.46. The van der Waals surface area contributed by atoms with E-state index in [2.05, 4.69) is 52.5 Å². The highest BCUT2D eigenvalue weighted by molar-refractivity contribution is 5.07. The fourth-order valence-electron chi connectivity index (χ4n) is 2.78. The van der Waals surface area contributed by atoms with Gasteiger partial charge in [0.15, 0.2) is 0 Å². The number of rotatable bonds is 3. The van der Waals surface area contributed by atoms with Crippen molar-refractivity contribution >= 4 is 0 Å². The highest BCUT2D eigenvalue weighted by Crippen LogP contribution is 2.27. The van der Waals surface area contributed by atoms with Crippen LogP contribution in [0.15, 0.2) is 24.0 Å².